The first-order chi connectivity index (χ1) is 13.8. The van der Waals surface area contributed by atoms with Gasteiger partial charge in [0.15, 0.2) is 0 Å². The Hall–Kier alpha value is -3.79. The van der Waals surface area contributed by atoms with Crippen LogP contribution in [0.2, 0.25) is 0 Å². The molecular weight excluding hydrogens is 397 g/mol. The number of rotatable bonds is 5. The van der Waals surface area contributed by atoms with Gasteiger partial charge in [-0.15, -0.1) is 0 Å². The van der Waals surface area contributed by atoms with E-state index in [0.717, 1.165) is 6.07 Å². The van der Waals surface area contributed by atoms with E-state index >= 15 is 0 Å². The fourth-order valence-electron chi connectivity index (χ4n) is 2.84. The van der Waals surface area contributed by atoms with E-state index in [2.05, 4.69) is 14.8 Å². The molecular formula is C19H14FN5O3S. The smallest absolute Gasteiger partial charge is 0.269 e. The molecule has 0 aliphatic heterocycles. The van der Waals surface area contributed by atoms with Gasteiger partial charge in [0, 0.05) is 23.5 Å². The molecule has 29 heavy (non-hydrogen) atoms. The van der Waals surface area contributed by atoms with Gasteiger partial charge in [0.1, 0.15) is 17.0 Å². The van der Waals surface area contributed by atoms with Crippen LogP contribution in [0.4, 0.5) is 10.1 Å². The number of anilines is 1. The number of fused-ring (bicyclic) bond motifs is 1. The molecule has 0 fully saturated rings. The number of sulfonamides is 1. The summed E-state index contributed by atoms with van der Waals surface area (Å²) < 4.78 is 43.5. The summed E-state index contributed by atoms with van der Waals surface area (Å²) in [6.45, 7) is 0. The van der Waals surface area contributed by atoms with E-state index in [1.54, 1.807) is 36.5 Å². The van der Waals surface area contributed by atoms with E-state index in [9.17, 15) is 17.6 Å². The van der Waals surface area contributed by atoms with E-state index in [1.807, 2.05) is 0 Å². The van der Waals surface area contributed by atoms with Crippen molar-refractivity contribution in [1.29, 1.82) is 0 Å². The quantitative estimate of drug-likeness (QED) is 0.523. The first-order valence-electron chi connectivity index (χ1n) is 8.37. The second kappa shape index (κ2) is 6.99. The average molecular weight is 411 g/mol. The molecule has 0 atom stereocenters. The van der Waals surface area contributed by atoms with Crippen molar-refractivity contribution in [2.45, 2.75) is 4.90 Å². The Bertz CT molecular complexity index is 1330. The number of aromatic nitrogens is 3. The molecule has 4 aromatic rings. The van der Waals surface area contributed by atoms with Gasteiger partial charge in [-0.25, -0.2) is 17.5 Å². The minimum Gasteiger partial charge on any atom is -0.364 e. The van der Waals surface area contributed by atoms with Crippen molar-refractivity contribution in [3.05, 3.63) is 78.5 Å². The lowest BCUT2D eigenvalue weighted by Crippen LogP contribution is -2.14. The summed E-state index contributed by atoms with van der Waals surface area (Å²) in [5, 5.41) is 4.22. The van der Waals surface area contributed by atoms with Crippen LogP contribution in [0.3, 0.4) is 0 Å². The number of nitrogens with one attached hydrogen (secondary N) is 1. The molecule has 0 spiro atoms. The van der Waals surface area contributed by atoms with Crippen molar-refractivity contribution >= 4 is 32.5 Å². The van der Waals surface area contributed by atoms with E-state index < -0.39 is 21.7 Å². The number of pyridine rings is 1. The highest BCUT2D eigenvalue weighted by atomic mass is 32.2. The number of hydrogen-bond acceptors (Lipinski definition) is 5. The Morgan fingerprint density at radius 3 is 2.52 bits per heavy atom. The minimum atomic E-state index is -3.98. The molecule has 0 saturated heterocycles. The van der Waals surface area contributed by atoms with Crippen LogP contribution in [0.25, 0.3) is 16.6 Å². The monoisotopic (exact) mass is 411 g/mol. The molecule has 2 heterocycles. The number of hydrogen-bond donors (Lipinski definition) is 2. The number of carbonyl (C=O) groups excluding carboxylic acids is 1. The zero-order valence-corrected chi connectivity index (χ0v) is 15.6. The summed E-state index contributed by atoms with van der Waals surface area (Å²) in [7, 11) is -3.98. The zero-order chi connectivity index (χ0) is 20.6. The number of primary amides is 1. The van der Waals surface area contributed by atoms with Crippen LogP contribution in [0.15, 0.2) is 71.9 Å². The Labute approximate surface area is 164 Å². The summed E-state index contributed by atoms with van der Waals surface area (Å²) >= 11 is 0. The highest BCUT2D eigenvalue weighted by Crippen LogP contribution is 2.26. The lowest BCUT2D eigenvalue weighted by molar-refractivity contribution is 0.0995. The highest BCUT2D eigenvalue weighted by molar-refractivity contribution is 7.93. The van der Waals surface area contributed by atoms with Crippen LogP contribution in [-0.4, -0.2) is 29.1 Å². The summed E-state index contributed by atoms with van der Waals surface area (Å²) in [5.41, 5.74) is 6.19. The second-order valence-electron chi connectivity index (χ2n) is 6.11. The van der Waals surface area contributed by atoms with Crippen molar-refractivity contribution in [1.82, 2.24) is 14.8 Å². The van der Waals surface area contributed by atoms with Crippen molar-refractivity contribution in [2.24, 2.45) is 5.73 Å². The molecule has 146 valence electrons. The topological polar surface area (TPSA) is 120 Å². The third kappa shape index (κ3) is 3.52. The van der Waals surface area contributed by atoms with Crippen LogP contribution >= 0.6 is 0 Å². The number of benzene rings is 2. The third-order valence-electron chi connectivity index (χ3n) is 4.20. The maximum atomic E-state index is 13.9. The van der Waals surface area contributed by atoms with E-state index in [-0.39, 0.29) is 21.5 Å². The zero-order valence-electron chi connectivity index (χ0n) is 14.8. The molecule has 0 aliphatic carbocycles. The first kappa shape index (κ1) is 18.6. The molecule has 1 amide bonds. The van der Waals surface area contributed by atoms with Gasteiger partial charge in [-0.3, -0.25) is 14.5 Å². The maximum absolute atomic E-state index is 13.9. The third-order valence-corrected chi connectivity index (χ3v) is 5.63. The molecule has 10 heteroatoms. The Morgan fingerprint density at radius 1 is 1.07 bits per heavy atom. The molecule has 3 N–H and O–H groups in total. The number of carbonyl (C=O) groups is 1. The second-order valence-corrected chi connectivity index (χ2v) is 7.76. The van der Waals surface area contributed by atoms with Crippen molar-refractivity contribution in [3.63, 3.8) is 0 Å². The standard InChI is InChI=1S/C19H14FN5O3S/c20-15-7-8-17(14-2-1-10-22-18(14)15)29(27,28)24-12-3-5-13(6-4-12)25-11-9-16(23-25)19(21)26/h1-11,24H,(H2,21,26). The average Bonchev–Trinajstić information content (AvgIpc) is 3.19. The molecule has 0 aliphatic rings. The maximum Gasteiger partial charge on any atom is 0.269 e. The largest absolute Gasteiger partial charge is 0.364 e. The summed E-state index contributed by atoms with van der Waals surface area (Å²) in [5.74, 6) is -1.24. The predicted octanol–water partition coefficient (Wildman–Crippen LogP) is 2.46. The number of halogens is 1. The number of nitrogens with two attached hydrogens (primary N) is 1. The molecule has 0 bridgehead atoms. The van der Waals surface area contributed by atoms with Gasteiger partial charge in [0.25, 0.3) is 15.9 Å². The lowest BCUT2D eigenvalue weighted by Gasteiger charge is -2.11. The van der Waals surface area contributed by atoms with Gasteiger partial charge in [-0.1, -0.05) is 0 Å². The van der Waals surface area contributed by atoms with Crippen molar-refractivity contribution < 1.29 is 17.6 Å². The first-order valence-corrected chi connectivity index (χ1v) is 9.85. The fraction of sp³-hybridized carbons (Fsp3) is 0. The minimum absolute atomic E-state index is 0.0188. The SMILES string of the molecule is NC(=O)c1ccn(-c2ccc(NS(=O)(=O)c3ccc(F)c4ncccc34)cc2)n1. The Balaban J connectivity index is 1.64. The summed E-state index contributed by atoms with van der Waals surface area (Å²) in [6.07, 6.45) is 2.96. The Morgan fingerprint density at radius 2 is 1.83 bits per heavy atom. The van der Waals surface area contributed by atoms with Crippen LogP contribution in [-0.2, 0) is 10.0 Å². The van der Waals surface area contributed by atoms with E-state index in [1.165, 1.54) is 29.1 Å². The molecule has 4 rings (SSSR count). The molecule has 8 nitrogen and oxygen atoms in total. The Kier molecular flexibility index (Phi) is 4.47. The van der Waals surface area contributed by atoms with Crippen LogP contribution in [0.5, 0.6) is 0 Å². The van der Waals surface area contributed by atoms with E-state index in [0.29, 0.717) is 11.4 Å². The molecule has 0 saturated carbocycles. The summed E-state index contributed by atoms with van der Waals surface area (Å²) in [4.78, 5) is 15.0. The van der Waals surface area contributed by atoms with Gasteiger partial charge in [0.05, 0.1) is 10.6 Å². The molecule has 2 aromatic heterocycles. The van der Waals surface area contributed by atoms with Gasteiger partial charge in [-0.05, 0) is 54.6 Å². The van der Waals surface area contributed by atoms with Gasteiger partial charge in [-0.2, -0.15) is 5.10 Å². The van der Waals surface area contributed by atoms with Gasteiger partial charge >= 0.3 is 0 Å². The molecule has 0 unspecified atom stereocenters. The highest BCUT2D eigenvalue weighted by Gasteiger charge is 2.19. The normalized spacial score (nSPS) is 11.5. The van der Waals surface area contributed by atoms with Gasteiger partial charge in [0.2, 0.25) is 0 Å². The number of amides is 1. The number of nitrogens with zero attached hydrogens (tertiary/aromatic N) is 3. The lowest BCUT2D eigenvalue weighted by atomic mass is 10.2. The van der Waals surface area contributed by atoms with Crippen molar-refractivity contribution in [3.8, 4) is 5.69 Å². The van der Waals surface area contributed by atoms with Gasteiger partial charge < -0.3 is 5.73 Å². The molecule has 2 aromatic carbocycles. The van der Waals surface area contributed by atoms with Crippen LogP contribution in [0.1, 0.15) is 10.5 Å². The predicted molar refractivity (Wildman–Crippen MR) is 105 cm³/mol. The fourth-order valence-corrected chi connectivity index (χ4v) is 4.10. The van der Waals surface area contributed by atoms with Crippen LogP contribution < -0.4 is 10.5 Å². The van der Waals surface area contributed by atoms with Crippen LogP contribution in [0, 0.1) is 5.82 Å². The van der Waals surface area contributed by atoms with Crippen molar-refractivity contribution in [2.75, 3.05) is 4.72 Å². The van der Waals surface area contributed by atoms with E-state index in [4.69, 9.17) is 5.73 Å². The summed E-state index contributed by atoms with van der Waals surface area (Å²) in [6, 6.07) is 13.1. The molecule has 0 radical (unpaired) electrons.